The SMILES string of the molecule is Cc1cc(C#CCO)cc(NC(=O)C2CC3CCC2C3)c1. The summed E-state index contributed by atoms with van der Waals surface area (Å²) >= 11 is 0. The van der Waals surface area contributed by atoms with Gasteiger partial charge >= 0.3 is 0 Å². The average Bonchev–Trinajstić information content (AvgIpc) is 3.07. The van der Waals surface area contributed by atoms with Gasteiger partial charge in [-0.25, -0.2) is 0 Å². The number of hydrogen-bond donors (Lipinski definition) is 2. The summed E-state index contributed by atoms with van der Waals surface area (Å²) in [4.78, 5) is 12.5. The molecule has 1 aromatic carbocycles. The second kappa shape index (κ2) is 5.91. The number of aliphatic hydroxyl groups is 1. The number of anilines is 1. The van der Waals surface area contributed by atoms with Gasteiger partial charge in [0.1, 0.15) is 6.61 Å². The summed E-state index contributed by atoms with van der Waals surface area (Å²) in [5, 5.41) is 11.8. The van der Waals surface area contributed by atoms with Crippen molar-refractivity contribution in [3.8, 4) is 11.8 Å². The van der Waals surface area contributed by atoms with Gasteiger partial charge in [-0.15, -0.1) is 0 Å². The van der Waals surface area contributed by atoms with Crippen LogP contribution in [0.25, 0.3) is 0 Å². The van der Waals surface area contributed by atoms with E-state index in [1.807, 2.05) is 25.1 Å². The van der Waals surface area contributed by atoms with E-state index < -0.39 is 0 Å². The molecule has 21 heavy (non-hydrogen) atoms. The van der Waals surface area contributed by atoms with E-state index in [2.05, 4.69) is 17.2 Å². The molecule has 2 aliphatic rings. The minimum Gasteiger partial charge on any atom is -0.384 e. The molecule has 2 fully saturated rings. The molecule has 0 radical (unpaired) electrons. The Hall–Kier alpha value is -1.79. The number of aliphatic hydroxyl groups excluding tert-OH is 1. The molecule has 0 aromatic heterocycles. The maximum atomic E-state index is 12.5. The molecule has 2 N–H and O–H groups in total. The van der Waals surface area contributed by atoms with Crippen LogP contribution in [0.4, 0.5) is 5.69 Å². The minimum atomic E-state index is -0.152. The normalized spacial score (nSPS) is 26.3. The van der Waals surface area contributed by atoms with Crippen molar-refractivity contribution in [2.24, 2.45) is 17.8 Å². The zero-order chi connectivity index (χ0) is 14.8. The van der Waals surface area contributed by atoms with Crippen LogP contribution in [-0.2, 0) is 4.79 Å². The van der Waals surface area contributed by atoms with Gasteiger partial charge in [0.2, 0.25) is 5.91 Å². The molecule has 0 heterocycles. The number of hydrogen-bond acceptors (Lipinski definition) is 2. The van der Waals surface area contributed by atoms with Crippen molar-refractivity contribution in [2.75, 3.05) is 11.9 Å². The zero-order valence-electron chi connectivity index (χ0n) is 12.4. The molecule has 0 aliphatic heterocycles. The van der Waals surface area contributed by atoms with Gasteiger partial charge in [-0.1, -0.05) is 18.3 Å². The van der Waals surface area contributed by atoms with Crippen molar-refractivity contribution >= 4 is 11.6 Å². The largest absolute Gasteiger partial charge is 0.384 e. The molecule has 1 amide bonds. The van der Waals surface area contributed by atoms with Crippen molar-refractivity contribution < 1.29 is 9.90 Å². The number of rotatable bonds is 2. The van der Waals surface area contributed by atoms with Gasteiger partial charge in [-0.05, 0) is 61.8 Å². The third kappa shape index (κ3) is 3.11. The lowest BCUT2D eigenvalue weighted by Gasteiger charge is -2.21. The van der Waals surface area contributed by atoms with Crippen LogP contribution in [0.1, 0.15) is 36.8 Å². The molecule has 2 saturated carbocycles. The molecule has 110 valence electrons. The summed E-state index contributed by atoms with van der Waals surface area (Å²) in [5.74, 6) is 7.25. The van der Waals surface area contributed by atoms with E-state index >= 15 is 0 Å². The highest BCUT2D eigenvalue weighted by Gasteiger charge is 2.42. The second-order valence-electron chi connectivity index (χ2n) is 6.32. The van der Waals surface area contributed by atoms with Gasteiger partial charge in [0, 0.05) is 17.2 Å². The number of amides is 1. The smallest absolute Gasteiger partial charge is 0.227 e. The number of carbonyl (C=O) groups excluding carboxylic acids is 1. The second-order valence-corrected chi connectivity index (χ2v) is 6.32. The van der Waals surface area contributed by atoms with Crippen LogP contribution in [-0.4, -0.2) is 17.6 Å². The van der Waals surface area contributed by atoms with Crippen LogP contribution < -0.4 is 5.32 Å². The fraction of sp³-hybridized carbons (Fsp3) is 0.500. The third-order valence-electron chi connectivity index (χ3n) is 4.73. The molecule has 3 heteroatoms. The van der Waals surface area contributed by atoms with E-state index in [4.69, 9.17) is 5.11 Å². The molecule has 3 atom stereocenters. The molecule has 0 spiro atoms. The molecular formula is C18H21NO2. The van der Waals surface area contributed by atoms with Gasteiger partial charge in [0.05, 0.1) is 0 Å². The lowest BCUT2D eigenvalue weighted by molar-refractivity contribution is -0.121. The molecule has 2 bridgehead atoms. The van der Waals surface area contributed by atoms with Gasteiger partial charge in [-0.3, -0.25) is 4.79 Å². The Kier molecular flexibility index (Phi) is 3.98. The summed E-state index contributed by atoms with van der Waals surface area (Å²) in [6, 6.07) is 5.80. The van der Waals surface area contributed by atoms with E-state index in [9.17, 15) is 4.79 Å². The van der Waals surface area contributed by atoms with Gasteiger partial charge in [0.15, 0.2) is 0 Å². The molecule has 3 unspecified atom stereocenters. The standard InChI is InChI=1S/C18H21NO2/c1-12-7-13(3-2-6-20)10-16(8-12)19-18(21)17-11-14-4-5-15(17)9-14/h7-8,10,14-15,17,20H,4-6,9,11H2,1H3,(H,19,21). The number of fused-ring (bicyclic) bond motifs is 2. The van der Waals surface area contributed by atoms with Crippen molar-refractivity contribution in [3.05, 3.63) is 29.3 Å². The Bertz CT molecular complexity index is 611. The van der Waals surface area contributed by atoms with E-state index in [1.165, 1.54) is 19.3 Å². The van der Waals surface area contributed by atoms with Gasteiger partial charge in [0.25, 0.3) is 0 Å². The highest BCUT2D eigenvalue weighted by molar-refractivity contribution is 5.93. The molecule has 3 rings (SSSR count). The van der Waals surface area contributed by atoms with E-state index in [0.717, 1.165) is 29.2 Å². The summed E-state index contributed by atoms with van der Waals surface area (Å²) < 4.78 is 0. The van der Waals surface area contributed by atoms with Gasteiger partial charge in [-0.2, -0.15) is 0 Å². The highest BCUT2D eigenvalue weighted by atomic mass is 16.2. The maximum absolute atomic E-state index is 12.5. The Morgan fingerprint density at radius 2 is 2.19 bits per heavy atom. The number of nitrogens with one attached hydrogen (secondary N) is 1. The fourth-order valence-corrected chi connectivity index (χ4v) is 3.87. The predicted octanol–water partition coefficient (Wildman–Crippen LogP) is 2.71. The van der Waals surface area contributed by atoms with E-state index in [-0.39, 0.29) is 18.4 Å². The minimum absolute atomic E-state index is 0.152. The quantitative estimate of drug-likeness (QED) is 0.820. The summed E-state index contributed by atoms with van der Waals surface area (Å²) in [7, 11) is 0. The molecule has 0 saturated heterocycles. The lowest BCUT2D eigenvalue weighted by Crippen LogP contribution is -2.27. The van der Waals surface area contributed by atoms with Crippen molar-refractivity contribution in [1.29, 1.82) is 0 Å². The van der Waals surface area contributed by atoms with Gasteiger partial charge < -0.3 is 10.4 Å². The number of aryl methyl sites for hydroxylation is 1. The Balaban J connectivity index is 1.72. The first kappa shape index (κ1) is 14.2. The summed E-state index contributed by atoms with van der Waals surface area (Å²) in [6.45, 7) is 1.83. The van der Waals surface area contributed by atoms with Crippen LogP contribution in [0, 0.1) is 36.5 Å². The Morgan fingerprint density at radius 3 is 2.86 bits per heavy atom. The monoisotopic (exact) mass is 283 g/mol. The first-order valence-corrected chi connectivity index (χ1v) is 7.68. The Morgan fingerprint density at radius 1 is 1.33 bits per heavy atom. The highest BCUT2D eigenvalue weighted by Crippen LogP contribution is 2.48. The first-order chi connectivity index (χ1) is 10.2. The Labute approximate surface area is 125 Å². The maximum Gasteiger partial charge on any atom is 0.227 e. The number of carbonyl (C=O) groups is 1. The molecule has 3 nitrogen and oxygen atoms in total. The fourth-order valence-electron chi connectivity index (χ4n) is 3.87. The van der Waals surface area contributed by atoms with Crippen LogP contribution in [0.5, 0.6) is 0 Å². The van der Waals surface area contributed by atoms with Crippen molar-refractivity contribution in [2.45, 2.75) is 32.6 Å². The predicted molar refractivity (Wildman–Crippen MR) is 82.7 cm³/mol. The van der Waals surface area contributed by atoms with Crippen LogP contribution >= 0.6 is 0 Å². The van der Waals surface area contributed by atoms with Crippen LogP contribution in [0.3, 0.4) is 0 Å². The van der Waals surface area contributed by atoms with E-state index in [1.54, 1.807) is 0 Å². The third-order valence-corrected chi connectivity index (χ3v) is 4.73. The van der Waals surface area contributed by atoms with Crippen LogP contribution in [0.15, 0.2) is 18.2 Å². The molecular weight excluding hydrogens is 262 g/mol. The number of benzene rings is 1. The lowest BCUT2D eigenvalue weighted by atomic mass is 9.88. The molecule has 1 aromatic rings. The topological polar surface area (TPSA) is 49.3 Å². The van der Waals surface area contributed by atoms with Crippen LogP contribution in [0.2, 0.25) is 0 Å². The zero-order valence-corrected chi connectivity index (χ0v) is 12.4. The molecule has 2 aliphatic carbocycles. The average molecular weight is 283 g/mol. The summed E-state index contributed by atoms with van der Waals surface area (Å²) in [6.07, 6.45) is 4.81. The van der Waals surface area contributed by atoms with Crippen molar-refractivity contribution in [1.82, 2.24) is 0 Å². The van der Waals surface area contributed by atoms with Crippen molar-refractivity contribution in [3.63, 3.8) is 0 Å². The first-order valence-electron chi connectivity index (χ1n) is 7.68. The summed E-state index contributed by atoms with van der Waals surface area (Å²) in [5.41, 5.74) is 2.69. The van der Waals surface area contributed by atoms with E-state index in [0.29, 0.717) is 5.92 Å².